The van der Waals surface area contributed by atoms with Gasteiger partial charge < -0.3 is 14.2 Å². The Morgan fingerprint density at radius 2 is 1.70 bits per heavy atom. The number of carbonyl (C=O) groups is 3. The lowest BCUT2D eigenvalue weighted by Crippen LogP contribution is -2.54. The van der Waals surface area contributed by atoms with Gasteiger partial charge >= 0.3 is 6.03 Å². The topological polar surface area (TPSA) is 94.2 Å². The van der Waals surface area contributed by atoms with E-state index in [0.717, 1.165) is 16.9 Å². The number of anilines is 1. The predicted octanol–water partition coefficient (Wildman–Crippen LogP) is 5.38. The number of halogens is 1. The molecule has 3 aromatic carbocycles. The molecule has 0 unspecified atom stereocenters. The molecule has 1 fully saturated rings. The minimum Gasteiger partial charge on any atom is -0.493 e. The quantitative estimate of drug-likeness (QED) is 0.300. The summed E-state index contributed by atoms with van der Waals surface area (Å²) in [6, 6.07) is 18.0. The first kappa shape index (κ1) is 25.8. The summed E-state index contributed by atoms with van der Waals surface area (Å²) in [5, 5.41) is 2.82. The number of nitrogens with one attached hydrogen (secondary N) is 1. The third-order valence-electron chi connectivity index (χ3n) is 5.51. The molecule has 0 bridgehead atoms. The van der Waals surface area contributed by atoms with Crippen molar-refractivity contribution in [3.63, 3.8) is 0 Å². The van der Waals surface area contributed by atoms with E-state index in [1.807, 2.05) is 25.1 Å². The van der Waals surface area contributed by atoms with Gasteiger partial charge in [-0.2, -0.15) is 0 Å². The highest BCUT2D eigenvalue weighted by atomic mass is 35.5. The van der Waals surface area contributed by atoms with Crippen LogP contribution >= 0.6 is 11.6 Å². The van der Waals surface area contributed by atoms with Gasteiger partial charge in [-0.15, -0.1) is 0 Å². The summed E-state index contributed by atoms with van der Waals surface area (Å²) in [6.45, 7) is 2.78. The second-order valence-corrected chi connectivity index (χ2v) is 8.50. The van der Waals surface area contributed by atoms with Crippen LogP contribution in [0, 0.1) is 0 Å². The predicted molar refractivity (Wildman–Crippen MR) is 140 cm³/mol. The number of urea groups is 1. The van der Waals surface area contributed by atoms with Crippen LogP contribution in [0.2, 0.25) is 5.02 Å². The molecule has 0 aliphatic carbocycles. The molecule has 0 spiro atoms. The van der Waals surface area contributed by atoms with E-state index in [2.05, 4.69) is 5.32 Å². The SMILES string of the molecule is CCCOc1ccc(/C=C2\C(=O)NC(=O)N(c3ccc(OCc4ccccc4Cl)cc3)C2=O)cc1OC. The molecule has 37 heavy (non-hydrogen) atoms. The summed E-state index contributed by atoms with van der Waals surface area (Å²) in [5.74, 6) is 0.0178. The van der Waals surface area contributed by atoms with Gasteiger partial charge in [0.25, 0.3) is 11.8 Å². The number of nitrogens with zero attached hydrogens (tertiary/aromatic N) is 1. The van der Waals surface area contributed by atoms with Gasteiger partial charge in [-0.1, -0.05) is 42.8 Å². The Hall–Kier alpha value is -4.30. The number of rotatable bonds is 9. The molecule has 8 nitrogen and oxygen atoms in total. The molecule has 9 heteroatoms. The number of methoxy groups -OCH3 is 1. The second-order valence-electron chi connectivity index (χ2n) is 8.09. The number of benzene rings is 3. The van der Waals surface area contributed by atoms with Gasteiger partial charge in [-0.25, -0.2) is 9.69 Å². The molecule has 0 aromatic heterocycles. The first-order valence-corrected chi connectivity index (χ1v) is 12.0. The Morgan fingerprint density at radius 1 is 0.946 bits per heavy atom. The zero-order chi connectivity index (χ0) is 26.4. The molecule has 1 aliphatic heterocycles. The van der Waals surface area contributed by atoms with Crippen LogP contribution in [0.5, 0.6) is 17.2 Å². The van der Waals surface area contributed by atoms with Crippen molar-refractivity contribution in [1.29, 1.82) is 0 Å². The highest BCUT2D eigenvalue weighted by Gasteiger charge is 2.36. The largest absolute Gasteiger partial charge is 0.493 e. The van der Waals surface area contributed by atoms with Crippen molar-refractivity contribution in [2.24, 2.45) is 0 Å². The smallest absolute Gasteiger partial charge is 0.335 e. The maximum Gasteiger partial charge on any atom is 0.335 e. The van der Waals surface area contributed by atoms with Crippen molar-refractivity contribution >= 4 is 41.2 Å². The van der Waals surface area contributed by atoms with Crippen molar-refractivity contribution in [2.75, 3.05) is 18.6 Å². The summed E-state index contributed by atoms with van der Waals surface area (Å²) in [6.07, 6.45) is 2.24. The van der Waals surface area contributed by atoms with Gasteiger partial charge in [0.2, 0.25) is 0 Å². The van der Waals surface area contributed by atoms with E-state index >= 15 is 0 Å². The van der Waals surface area contributed by atoms with E-state index in [4.69, 9.17) is 25.8 Å². The van der Waals surface area contributed by atoms with Gasteiger partial charge in [-0.3, -0.25) is 14.9 Å². The van der Waals surface area contributed by atoms with Crippen LogP contribution in [-0.4, -0.2) is 31.6 Å². The lowest BCUT2D eigenvalue weighted by Gasteiger charge is -2.26. The number of barbiturate groups is 1. The maximum atomic E-state index is 13.2. The summed E-state index contributed by atoms with van der Waals surface area (Å²) in [4.78, 5) is 39.2. The minimum absolute atomic E-state index is 0.192. The average molecular weight is 521 g/mol. The standard InChI is InChI=1S/C28H25ClN2O6/c1-3-14-36-24-13-8-18(16-25(24)35-2)15-22-26(32)30-28(34)31(27(22)33)20-9-11-21(12-10-20)37-17-19-6-4-5-7-23(19)29/h4-13,15-16H,3,14,17H2,1-2H3,(H,30,32,34)/b22-15+. The Balaban J connectivity index is 1.53. The van der Waals surface area contributed by atoms with Gasteiger partial charge in [0.15, 0.2) is 11.5 Å². The van der Waals surface area contributed by atoms with Crippen LogP contribution in [0.1, 0.15) is 24.5 Å². The Bertz CT molecular complexity index is 1350. The number of amides is 4. The average Bonchev–Trinajstić information content (AvgIpc) is 2.90. The summed E-state index contributed by atoms with van der Waals surface area (Å²) < 4.78 is 16.8. The Kier molecular flexibility index (Phi) is 8.10. The summed E-state index contributed by atoms with van der Waals surface area (Å²) >= 11 is 6.16. The first-order chi connectivity index (χ1) is 17.9. The third kappa shape index (κ3) is 5.92. The fourth-order valence-electron chi connectivity index (χ4n) is 3.63. The molecule has 0 radical (unpaired) electrons. The van der Waals surface area contributed by atoms with Crippen LogP contribution in [0.4, 0.5) is 10.5 Å². The van der Waals surface area contributed by atoms with E-state index in [-0.39, 0.29) is 17.9 Å². The first-order valence-electron chi connectivity index (χ1n) is 11.6. The Labute approximate surface area is 219 Å². The van der Waals surface area contributed by atoms with Crippen LogP contribution in [-0.2, 0) is 16.2 Å². The molecular formula is C28H25ClN2O6. The lowest BCUT2D eigenvalue weighted by molar-refractivity contribution is -0.122. The van der Waals surface area contributed by atoms with Crippen LogP contribution in [0.3, 0.4) is 0 Å². The van der Waals surface area contributed by atoms with Crippen LogP contribution < -0.4 is 24.4 Å². The van der Waals surface area contributed by atoms with E-state index < -0.39 is 17.8 Å². The second kappa shape index (κ2) is 11.6. The number of hydrogen-bond acceptors (Lipinski definition) is 6. The number of ether oxygens (including phenoxy) is 3. The maximum absolute atomic E-state index is 13.2. The number of carbonyl (C=O) groups excluding carboxylic acids is 3. The van der Waals surface area contributed by atoms with E-state index in [0.29, 0.717) is 34.4 Å². The zero-order valence-electron chi connectivity index (χ0n) is 20.3. The molecule has 1 aliphatic rings. The van der Waals surface area contributed by atoms with Crippen LogP contribution in [0.15, 0.2) is 72.3 Å². The highest BCUT2D eigenvalue weighted by Crippen LogP contribution is 2.30. The molecule has 0 saturated carbocycles. The number of imide groups is 2. The van der Waals surface area contributed by atoms with Gasteiger partial charge in [0, 0.05) is 10.6 Å². The number of hydrogen-bond donors (Lipinski definition) is 1. The van der Waals surface area contributed by atoms with Crippen molar-refractivity contribution < 1.29 is 28.6 Å². The van der Waals surface area contributed by atoms with Gasteiger partial charge in [-0.05, 0) is 60.5 Å². The van der Waals surface area contributed by atoms with Crippen molar-refractivity contribution in [1.82, 2.24) is 5.32 Å². The van der Waals surface area contributed by atoms with Gasteiger partial charge in [0.1, 0.15) is 17.9 Å². The molecule has 0 atom stereocenters. The molecule has 190 valence electrons. The molecule has 1 saturated heterocycles. The highest BCUT2D eigenvalue weighted by molar-refractivity contribution is 6.39. The molecule has 1 heterocycles. The summed E-state index contributed by atoms with van der Waals surface area (Å²) in [7, 11) is 1.51. The van der Waals surface area contributed by atoms with E-state index in [1.54, 1.807) is 48.5 Å². The minimum atomic E-state index is -0.835. The Morgan fingerprint density at radius 3 is 2.41 bits per heavy atom. The normalized spacial score (nSPS) is 14.5. The molecule has 4 rings (SSSR count). The van der Waals surface area contributed by atoms with Crippen molar-refractivity contribution in [2.45, 2.75) is 20.0 Å². The monoisotopic (exact) mass is 520 g/mol. The molecule has 4 amide bonds. The lowest BCUT2D eigenvalue weighted by atomic mass is 10.1. The molecular weight excluding hydrogens is 496 g/mol. The van der Waals surface area contributed by atoms with Crippen molar-refractivity contribution in [3.8, 4) is 17.2 Å². The fourth-order valence-corrected chi connectivity index (χ4v) is 3.82. The van der Waals surface area contributed by atoms with E-state index in [1.165, 1.54) is 13.2 Å². The van der Waals surface area contributed by atoms with Gasteiger partial charge in [0.05, 0.1) is 19.4 Å². The zero-order valence-corrected chi connectivity index (χ0v) is 21.1. The van der Waals surface area contributed by atoms with Crippen LogP contribution in [0.25, 0.3) is 6.08 Å². The molecule has 3 aromatic rings. The molecule has 1 N–H and O–H groups in total. The summed E-state index contributed by atoms with van der Waals surface area (Å²) in [5.41, 5.74) is 1.46. The van der Waals surface area contributed by atoms with E-state index in [9.17, 15) is 14.4 Å². The fraction of sp³-hybridized carbons (Fsp3) is 0.179. The van der Waals surface area contributed by atoms with Crippen molar-refractivity contribution in [3.05, 3.63) is 88.5 Å². The third-order valence-corrected chi connectivity index (χ3v) is 5.88.